The number of hydrogen-bond donors (Lipinski definition) is 1. The molecule has 0 aliphatic carbocycles. The Morgan fingerprint density at radius 2 is 1.66 bits per heavy atom. The molecule has 3 rings (SSSR count). The van der Waals surface area contributed by atoms with E-state index in [1.807, 2.05) is 24.3 Å². The molecule has 0 unspecified atom stereocenters. The highest BCUT2D eigenvalue weighted by molar-refractivity contribution is 7.99. The van der Waals surface area contributed by atoms with Crippen LogP contribution in [0.1, 0.15) is 6.42 Å². The molecule has 10 heteroatoms. The predicted octanol–water partition coefficient (Wildman–Crippen LogP) is 4.85. The van der Waals surface area contributed by atoms with Crippen LogP contribution in [0, 0.1) is 0 Å². The molecule has 0 aliphatic rings. The maximum absolute atomic E-state index is 13.5. The molecule has 0 aliphatic heterocycles. The van der Waals surface area contributed by atoms with Crippen molar-refractivity contribution in [2.75, 3.05) is 37.4 Å². The molecule has 35 heavy (non-hydrogen) atoms. The summed E-state index contributed by atoms with van der Waals surface area (Å²) in [5.41, 5.74) is 0.277. The van der Waals surface area contributed by atoms with Crippen LogP contribution in [0.2, 0.25) is 5.02 Å². The third-order valence-electron chi connectivity index (χ3n) is 5.01. The molecule has 0 aromatic heterocycles. The molecule has 0 saturated carbocycles. The van der Waals surface area contributed by atoms with Crippen molar-refractivity contribution in [3.63, 3.8) is 0 Å². The van der Waals surface area contributed by atoms with Gasteiger partial charge < -0.3 is 14.8 Å². The van der Waals surface area contributed by atoms with E-state index in [0.29, 0.717) is 23.1 Å². The van der Waals surface area contributed by atoms with Crippen LogP contribution in [0.15, 0.2) is 82.6 Å². The molecule has 1 amide bonds. The summed E-state index contributed by atoms with van der Waals surface area (Å²) in [7, 11) is -1.10. The van der Waals surface area contributed by atoms with Gasteiger partial charge in [-0.3, -0.25) is 9.10 Å². The molecule has 3 aromatic rings. The van der Waals surface area contributed by atoms with E-state index in [1.165, 1.54) is 26.4 Å². The molecule has 0 bridgehead atoms. The number of carbonyl (C=O) groups is 1. The third kappa shape index (κ3) is 7.30. The quantitative estimate of drug-likeness (QED) is 0.264. The van der Waals surface area contributed by atoms with Gasteiger partial charge in [-0.1, -0.05) is 23.7 Å². The van der Waals surface area contributed by atoms with E-state index >= 15 is 0 Å². The largest absolute Gasteiger partial charge is 0.497 e. The van der Waals surface area contributed by atoms with Crippen LogP contribution in [0.4, 0.5) is 5.69 Å². The van der Waals surface area contributed by atoms with Crippen LogP contribution in [0.3, 0.4) is 0 Å². The van der Waals surface area contributed by atoms with Gasteiger partial charge in [-0.15, -0.1) is 11.8 Å². The van der Waals surface area contributed by atoms with Gasteiger partial charge in [0.1, 0.15) is 18.0 Å². The van der Waals surface area contributed by atoms with E-state index in [9.17, 15) is 13.2 Å². The number of ether oxygens (including phenoxy) is 2. The SMILES string of the molecule is COc1ccc(S(=O)(=O)N(CC(=O)NCCCSc2ccc(Cl)cc2)c2ccccc2OC)cc1. The average Bonchev–Trinajstić information content (AvgIpc) is 2.88. The van der Waals surface area contributed by atoms with Crippen molar-refractivity contribution in [3.8, 4) is 11.5 Å². The summed E-state index contributed by atoms with van der Waals surface area (Å²) in [6.45, 7) is 0.0286. The lowest BCUT2D eigenvalue weighted by atomic mass is 10.3. The number of hydrogen-bond acceptors (Lipinski definition) is 6. The second kappa shape index (κ2) is 12.7. The Hall–Kier alpha value is -2.88. The number of carbonyl (C=O) groups excluding carboxylic acids is 1. The zero-order valence-corrected chi connectivity index (χ0v) is 21.8. The number of anilines is 1. The smallest absolute Gasteiger partial charge is 0.264 e. The van der Waals surface area contributed by atoms with E-state index in [0.717, 1.165) is 21.4 Å². The Bertz CT molecular complexity index is 1220. The van der Waals surface area contributed by atoms with Gasteiger partial charge in [0.25, 0.3) is 10.0 Å². The maximum atomic E-state index is 13.5. The molecule has 186 valence electrons. The molecule has 1 N–H and O–H groups in total. The van der Waals surface area contributed by atoms with Crippen LogP contribution in [0.25, 0.3) is 0 Å². The maximum Gasteiger partial charge on any atom is 0.264 e. The van der Waals surface area contributed by atoms with Crippen LogP contribution in [-0.2, 0) is 14.8 Å². The number of para-hydroxylation sites is 2. The summed E-state index contributed by atoms with van der Waals surface area (Å²) in [5.74, 6) is 1.26. The molecular weight excluding hydrogens is 508 g/mol. The van der Waals surface area contributed by atoms with Gasteiger partial charge >= 0.3 is 0 Å². The first kappa shape index (κ1) is 26.7. The number of rotatable bonds is 12. The van der Waals surface area contributed by atoms with Gasteiger partial charge in [0.2, 0.25) is 5.91 Å². The highest BCUT2D eigenvalue weighted by Crippen LogP contribution is 2.32. The van der Waals surface area contributed by atoms with Gasteiger partial charge in [-0.2, -0.15) is 0 Å². The lowest BCUT2D eigenvalue weighted by Crippen LogP contribution is -2.41. The van der Waals surface area contributed by atoms with Gasteiger partial charge in [0.15, 0.2) is 0 Å². The van der Waals surface area contributed by atoms with Crippen LogP contribution in [-0.4, -0.2) is 47.4 Å². The fraction of sp³-hybridized carbons (Fsp3) is 0.240. The van der Waals surface area contributed by atoms with E-state index in [4.69, 9.17) is 21.1 Å². The first-order valence-electron chi connectivity index (χ1n) is 10.8. The van der Waals surface area contributed by atoms with E-state index in [-0.39, 0.29) is 17.1 Å². The first-order chi connectivity index (χ1) is 16.8. The Morgan fingerprint density at radius 1 is 0.971 bits per heavy atom. The monoisotopic (exact) mass is 534 g/mol. The highest BCUT2D eigenvalue weighted by Gasteiger charge is 2.29. The number of thioether (sulfide) groups is 1. The Morgan fingerprint density at radius 3 is 2.31 bits per heavy atom. The summed E-state index contributed by atoms with van der Waals surface area (Å²) in [6.07, 6.45) is 0.721. The van der Waals surface area contributed by atoms with E-state index in [1.54, 1.807) is 48.2 Å². The van der Waals surface area contributed by atoms with Crippen molar-refractivity contribution in [1.29, 1.82) is 0 Å². The number of nitrogens with one attached hydrogen (secondary N) is 1. The standard InChI is InChI=1S/C25H27ClN2O5S2/c1-32-20-10-14-22(15-11-20)35(30,31)28(23-6-3-4-7-24(23)33-2)18-25(29)27-16-5-17-34-21-12-8-19(26)9-13-21/h3-4,6-15H,5,16-18H2,1-2H3,(H,27,29). The average molecular weight is 535 g/mol. The summed E-state index contributed by atoms with van der Waals surface area (Å²) < 4.78 is 38.6. The number of benzene rings is 3. The number of amides is 1. The summed E-state index contributed by atoms with van der Waals surface area (Å²) in [6, 6.07) is 20.3. The van der Waals surface area contributed by atoms with Gasteiger partial charge in [-0.25, -0.2) is 8.42 Å². The zero-order chi connectivity index (χ0) is 25.3. The molecule has 0 saturated heterocycles. The number of methoxy groups -OCH3 is 2. The molecule has 3 aromatic carbocycles. The van der Waals surface area contributed by atoms with Crippen LogP contribution < -0.4 is 19.1 Å². The molecular formula is C25H27ClN2O5S2. The summed E-state index contributed by atoms with van der Waals surface area (Å²) in [4.78, 5) is 13.9. The van der Waals surface area contributed by atoms with Crippen molar-refractivity contribution in [2.24, 2.45) is 0 Å². The fourth-order valence-electron chi connectivity index (χ4n) is 3.22. The lowest BCUT2D eigenvalue weighted by Gasteiger charge is -2.25. The minimum absolute atomic E-state index is 0.0383. The van der Waals surface area contributed by atoms with E-state index in [2.05, 4.69) is 5.32 Å². The fourth-order valence-corrected chi connectivity index (χ4v) is 5.63. The van der Waals surface area contributed by atoms with Crippen molar-refractivity contribution in [1.82, 2.24) is 5.32 Å². The van der Waals surface area contributed by atoms with Crippen molar-refractivity contribution < 1.29 is 22.7 Å². The molecule has 0 heterocycles. The third-order valence-corrected chi connectivity index (χ3v) is 8.14. The Labute approximate surface area is 215 Å². The van der Waals surface area contributed by atoms with Gasteiger partial charge in [0, 0.05) is 16.5 Å². The summed E-state index contributed by atoms with van der Waals surface area (Å²) >= 11 is 7.56. The number of nitrogens with zero attached hydrogens (tertiary/aromatic N) is 1. The molecule has 7 nitrogen and oxygen atoms in total. The van der Waals surface area contributed by atoms with Crippen molar-refractivity contribution >= 4 is 45.0 Å². The van der Waals surface area contributed by atoms with Crippen molar-refractivity contribution in [3.05, 3.63) is 77.8 Å². The first-order valence-corrected chi connectivity index (χ1v) is 13.6. The van der Waals surface area contributed by atoms with Crippen molar-refractivity contribution in [2.45, 2.75) is 16.2 Å². The molecule has 0 radical (unpaired) electrons. The summed E-state index contributed by atoms with van der Waals surface area (Å²) in [5, 5.41) is 3.50. The predicted molar refractivity (Wildman–Crippen MR) is 140 cm³/mol. The molecule has 0 atom stereocenters. The topological polar surface area (TPSA) is 84.9 Å². The zero-order valence-electron chi connectivity index (χ0n) is 19.4. The van der Waals surface area contributed by atoms with Gasteiger partial charge in [-0.05, 0) is 72.8 Å². The second-order valence-corrected chi connectivity index (χ2v) is 10.8. The normalized spacial score (nSPS) is 11.1. The molecule has 0 spiro atoms. The lowest BCUT2D eigenvalue weighted by molar-refractivity contribution is -0.119. The minimum atomic E-state index is -4.06. The van der Waals surface area contributed by atoms with Crippen LogP contribution >= 0.6 is 23.4 Å². The molecule has 0 fully saturated rings. The van der Waals surface area contributed by atoms with Crippen LogP contribution in [0.5, 0.6) is 11.5 Å². The highest BCUT2D eigenvalue weighted by atomic mass is 35.5. The number of sulfonamides is 1. The second-order valence-electron chi connectivity index (χ2n) is 7.36. The Balaban J connectivity index is 1.69. The minimum Gasteiger partial charge on any atom is -0.497 e. The Kier molecular flexibility index (Phi) is 9.71. The number of halogens is 1. The van der Waals surface area contributed by atoms with Gasteiger partial charge in [0.05, 0.1) is 24.8 Å². The van der Waals surface area contributed by atoms with E-state index < -0.39 is 15.9 Å².